The minimum atomic E-state index is -0.809. The van der Waals surface area contributed by atoms with Gasteiger partial charge in [0.05, 0.1) is 12.1 Å². The summed E-state index contributed by atoms with van der Waals surface area (Å²) in [5.74, 6) is -0.448. The molecule has 154 valence electrons. The monoisotopic (exact) mass is 414 g/mol. The second kappa shape index (κ2) is 8.80. The van der Waals surface area contributed by atoms with Crippen molar-refractivity contribution in [1.29, 1.82) is 0 Å². The van der Waals surface area contributed by atoms with Gasteiger partial charge in [-0.15, -0.1) is 11.3 Å². The number of esters is 1. The molecule has 1 unspecified atom stereocenters. The van der Waals surface area contributed by atoms with Gasteiger partial charge in [0.1, 0.15) is 11.6 Å². The Bertz CT molecular complexity index is 986. The summed E-state index contributed by atoms with van der Waals surface area (Å²) in [7, 11) is 0. The molecule has 0 aliphatic rings. The Labute approximate surface area is 174 Å². The third-order valence-electron chi connectivity index (χ3n) is 4.30. The van der Waals surface area contributed by atoms with Crippen molar-refractivity contribution >= 4 is 34.3 Å². The molecule has 6 nitrogen and oxygen atoms in total. The van der Waals surface area contributed by atoms with Crippen LogP contribution in [0.1, 0.15) is 31.2 Å². The number of benzene rings is 1. The summed E-state index contributed by atoms with van der Waals surface area (Å²) in [6, 6.07) is 10.6. The van der Waals surface area contributed by atoms with E-state index in [0.717, 1.165) is 21.3 Å². The molecule has 0 radical (unpaired) electrons. The van der Waals surface area contributed by atoms with Gasteiger partial charge in [-0.3, -0.25) is 9.36 Å². The van der Waals surface area contributed by atoms with Crippen LogP contribution < -0.4 is 5.73 Å². The standard InChI is InChI=1S/C22H26N2O4S/c1-22(2,3)28-21(26)24-14-15(17-8-4-5-9-19(17)24)13-18(23)20(25)27-11-10-16-7-6-12-29-16/h4-9,12,14,18H,10-11,13,23H2,1-3H3. The van der Waals surface area contributed by atoms with Gasteiger partial charge < -0.3 is 15.2 Å². The van der Waals surface area contributed by atoms with Gasteiger partial charge in [0, 0.05) is 29.3 Å². The number of fused-ring (bicyclic) bond motifs is 1. The van der Waals surface area contributed by atoms with Crippen molar-refractivity contribution in [3.63, 3.8) is 0 Å². The lowest BCUT2D eigenvalue weighted by Crippen LogP contribution is -2.34. The first-order valence-corrected chi connectivity index (χ1v) is 10.4. The van der Waals surface area contributed by atoms with Gasteiger partial charge in [0.15, 0.2) is 0 Å². The molecule has 0 saturated carbocycles. The molecule has 2 aromatic heterocycles. The summed E-state index contributed by atoms with van der Waals surface area (Å²) in [6.45, 7) is 5.76. The topological polar surface area (TPSA) is 83.5 Å². The molecular formula is C22H26N2O4S. The van der Waals surface area contributed by atoms with E-state index in [9.17, 15) is 9.59 Å². The number of rotatable bonds is 6. The summed E-state index contributed by atoms with van der Waals surface area (Å²) >= 11 is 1.63. The van der Waals surface area contributed by atoms with Crippen LogP contribution in [0.4, 0.5) is 4.79 Å². The fraction of sp³-hybridized carbons (Fsp3) is 0.364. The van der Waals surface area contributed by atoms with Crippen LogP contribution in [0.5, 0.6) is 0 Å². The molecule has 0 fully saturated rings. The number of thiophene rings is 1. The van der Waals surface area contributed by atoms with Gasteiger partial charge in [-0.1, -0.05) is 24.3 Å². The first-order chi connectivity index (χ1) is 13.7. The normalized spacial score (nSPS) is 12.7. The van der Waals surface area contributed by atoms with E-state index in [1.165, 1.54) is 4.57 Å². The second-order valence-electron chi connectivity index (χ2n) is 7.83. The summed E-state index contributed by atoms with van der Waals surface area (Å²) < 4.78 is 12.3. The lowest BCUT2D eigenvalue weighted by atomic mass is 10.1. The van der Waals surface area contributed by atoms with E-state index < -0.39 is 23.7 Å². The Hall–Kier alpha value is -2.64. The van der Waals surface area contributed by atoms with Gasteiger partial charge in [-0.2, -0.15) is 0 Å². The number of carbonyl (C=O) groups is 2. The van der Waals surface area contributed by atoms with Gasteiger partial charge in [-0.05, 0) is 43.8 Å². The van der Waals surface area contributed by atoms with E-state index in [0.29, 0.717) is 13.0 Å². The molecule has 1 aromatic carbocycles. The van der Waals surface area contributed by atoms with Crippen molar-refractivity contribution in [2.45, 2.75) is 45.3 Å². The van der Waals surface area contributed by atoms with Crippen LogP contribution in [0.2, 0.25) is 0 Å². The Kier molecular flexibility index (Phi) is 6.39. The molecule has 7 heteroatoms. The smallest absolute Gasteiger partial charge is 0.419 e. The van der Waals surface area contributed by atoms with Crippen molar-refractivity contribution < 1.29 is 19.1 Å². The van der Waals surface area contributed by atoms with Gasteiger partial charge in [0.25, 0.3) is 0 Å². The van der Waals surface area contributed by atoms with E-state index in [2.05, 4.69) is 0 Å². The maximum Gasteiger partial charge on any atom is 0.419 e. The highest BCUT2D eigenvalue weighted by Gasteiger charge is 2.23. The predicted octanol–water partition coefficient (Wildman–Crippen LogP) is 4.14. The van der Waals surface area contributed by atoms with Crippen molar-refractivity contribution in [3.8, 4) is 0 Å². The minimum Gasteiger partial charge on any atom is -0.464 e. The molecule has 1 atom stereocenters. The van der Waals surface area contributed by atoms with Gasteiger partial charge >= 0.3 is 12.1 Å². The largest absolute Gasteiger partial charge is 0.464 e. The Morgan fingerprint density at radius 2 is 1.93 bits per heavy atom. The van der Waals surface area contributed by atoms with Gasteiger partial charge in [-0.25, -0.2) is 4.79 Å². The number of nitrogens with zero attached hydrogens (tertiary/aromatic N) is 1. The molecular weight excluding hydrogens is 388 g/mol. The number of carbonyl (C=O) groups excluding carboxylic acids is 2. The zero-order valence-electron chi connectivity index (χ0n) is 16.9. The SMILES string of the molecule is CC(C)(C)OC(=O)n1cc(CC(N)C(=O)OCCc2cccs2)c2ccccc21. The Morgan fingerprint density at radius 3 is 2.62 bits per heavy atom. The van der Waals surface area contributed by atoms with E-state index in [1.54, 1.807) is 17.5 Å². The van der Waals surface area contributed by atoms with E-state index in [4.69, 9.17) is 15.2 Å². The quantitative estimate of drug-likeness (QED) is 0.613. The molecule has 2 heterocycles. The van der Waals surface area contributed by atoms with Gasteiger partial charge in [0.2, 0.25) is 0 Å². The predicted molar refractivity (Wildman–Crippen MR) is 114 cm³/mol. The highest BCUT2D eigenvalue weighted by Crippen LogP contribution is 2.24. The van der Waals surface area contributed by atoms with Crippen molar-refractivity contribution in [3.05, 3.63) is 58.4 Å². The molecule has 0 amide bonds. The van der Waals surface area contributed by atoms with E-state index >= 15 is 0 Å². The van der Waals surface area contributed by atoms with E-state index in [1.807, 2.05) is 62.5 Å². The van der Waals surface area contributed by atoms with Crippen molar-refractivity contribution in [2.75, 3.05) is 6.61 Å². The maximum atomic E-state index is 12.6. The number of para-hydroxylation sites is 1. The first kappa shape index (κ1) is 21.1. The van der Waals surface area contributed by atoms with Crippen molar-refractivity contribution in [1.82, 2.24) is 4.57 Å². The Balaban J connectivity index is 1.70. The van der Waals surface area contributed by atoms with Crippen LogP contribution >= 0.6 is 11.3 Å². The Morgan fingerprint density at radius 1 is 1.17 bits per heavy atom. The first-order valence-electron chi connectivity index (χ1n) is 9.51. The zero-order chi connectivity index (χ0) is 21.0. The number of ether oxygens (including phenoxy) is 2. The summed E-state index contributed by atoms with van der Waals surface area (Å²) in [6.07, 6.45) is 2.17. The average Bonchev–Trinajstić information content (AvgIpc) is 3.28. The van der Waals surface area contributed by atoms with Crippen LogP contribution in [-0.4, -0.2) is 34.9 Å². The summed E-state index contributed by atoms with van der Waals surface area (Å²) in [5, 5.41) is 2.85. The average molecular weight is 415 g/mol. The van der Waals surface area contributed by atoms with Crippen molar-refractivity contribution in [2.24, 2.45) is 5.73 Å². The van der Waals surface area contributed by atoms with Crippen LogP contribution in [0.25, 0.3) is 10.9 Å². The third-order valence-corrected chi connectivity index (χ3v) is 5.24. The lowest BCUT2D eigenvalue weighted by Gasteiger charge is -2.19. The molecule has 29 heavy (non-hydrogen) atoms. The lowest BCUT2D eigenvalue weighted by molar-refractivity contribution is -0.145. The molecule has 0 aliphatic heterocycles. The van der Waals surface area contributed by atoms with Crippen LogP contribution in [-0.2, 0) is 27.1 Å². The molecule has 0 spiro atoms. The summed E-state index contributed by atoms with van der Waals surface area (Å²) in [4.78, 5) is 26.0. The van der Waals surface area contributed by atoms with Crippen LogP contribution in [0.3, 0.4) is 0 Å². The number of aromatic nitrogens is 1. The highest BCUT2D eigenvalue weighted by atomic mass is 32.1. The molecule has 3 rings (SSSR count). The minimum absolute atomic E-state index is 0.272. The molecule has 0 bridgehead atoms. The zero-order valence-corrected chi connectivity index (χ0v) is 17.7. The summed E-state index contributed by atoms with van der Waals surface area (Å²) in [5.41, 5.74) is 7.00. The molecule has 0 saturated heterocycles. The maximum absolute atomic E-state index is 12.6. The fourth-order valence-corrected chi connectivity index (χ4v) is 3.70. The third kappa shape index (κ3) is 5.46. The second-order valence-corrected chi connectivity index (χ2v) is 8.86. The number of nitrogens with two attached hydrogens (primary N) is 1. The molecule has 0 aliphatic carbocycles. The van der Waals surface area contributed by atoms with Crippen LogP contribution in [0.15, 0.2) is 48.0 Å². The number of hydrogen-bond acceptors (Lipinski definition) is 6. The molecule has 3 aromatic rings. The fourth-order valence-electron chi connectivity index (χ4n) is 3.01. The van der Waals surface area contributed by atoms with E-state index in [-0.39, 0.29) is 6.42 Å². The molecule has 2 N–H and O–H groups in total. The van der Waals surface area contributed by atoms with Crippen LogP contribution in [0, 0.1) is 0 Å². The number of hydrogen-bond donors (Lipinski definition) is 1. The highest BCUT2D eigenvalue weighted by molar-refractivity contribution is 7.09.